The number of benzene rings is 1. The van der Waals surface area contributed by atoms with Gasteiger partial charge in [0.2, 0.25) is 0 Å². The highest BCUT2D eigenvalue weighted by Gasteiger charge is 2.46. The lowest BCUT2D eigenvalue weighted by Crippen LogP contribution is -2.30. The SMILES string of the molecule is OC1CN(Cc2ccccc2)CC12CCCC2. The molecule has 1 spiro atoms. The number of rotatable bonds is 2. The molecule has 1 aliphatic carbocycles. The summed E-state index contributed by atoms with van der Waals surface area (Å²) in [6.45, 7) is 2.93. The van der Waals surface area contributed by atoms with Gasteiger partial charge in [-0.1, -0.05) is 43.2 Å². The molecule has 0 radical (unpaired) electrons. The topological polar surface area (TPSA) is 23.5 Å². The minimum atomic E-state index is -0.103. The van der Waals surface area contributed by atoms with Gasteiger partial charge in [0, 0.05) is 25.0 Å². The van der Waals surface area contributed by atoms with Crippen LogP contribution >= 0.6 is 0 Å². The number of hydrogen-bond donors (Lipinski definition) is 1. The van der Waals surface area contributed by atoms with Crippen molar-refractivity contribution in [1.82, 2.24) is 4.90 Å². The molecule has 2 heteroatoms. The average Bonchev–Trinajstić information content (AvgIpc) is 2.90. The standard InChI is InChI=1S/C15H21NO/c17-14-11-16(10-13-6-2-1-3-7-13)12-15(14)8-4-5-9-15/h1-3,6-7,14,17H,4-5,8-12H2. The maximum atomic E-state index is 10.3. The van der Waals surface area contributed by atoms with Crippen LogP contribution in [0.15, 0.2) is 30.3 Å². The molecule has 1 heterocycles. The molecule has 92 valence electrons. The molecule has 1 saturated carbocycles. The zero-order valence-electron chi connectivity index (χ0n) is 10.3. The maximum absolute atomic E-state index is 10.3. The summed E-state index contributed by atoms with van der Waals surface area (Å²) in [4.78, 5) is 2.42. The van der Waals surface area contributed by atoms with Crippen LogP contribution in [0, 0.1) is 5.41 Å². The fraction of sp³-hybridized carbons (Fsp3) is 0.600. The van der Waals surface area contributed by atoms with Gasteiger partial charge in [-0.2, -0.15) is 0 Å². The first kappa shape index (κ1) is 11.2. The number of β-amino-alcohol motifs (C(OH)–C–C–N with tert-alkyl or cyclic N) is 1. The highest BCUT2D eigenvalue weighted by Crippen LogP contribution is 2.45. The summed E-state index contributed by atoms with van der Waals surface area (Å²) in [5.74, 6) is 0. The minimum Gasteiger partial charge on any atom is -0.391 e. The molecule has 1 unspecified atom stereocenters. The van der Waals surface area contributed by atoms with Gasteiger partial charge in [0.15, 0.2) is 0 Å². The first-order valence-electron chi connectivity index (χ1n) is 6.73. The van der Waals surface area contributed by atoms with Crippen molar-refractivity contribution < 1.29 is 5.11 Å². The molecule has 3 rings (SSSR count). The van der Waals surface area contributed by atoms with Crippen molar-refractivity contribution in [3.63, 3.8) is 0 Å². The van der Waals surface area contributed by atoms with E-state index in [0.29, 0.717) is 0 Å². The summed E-state index contributed by atoms with van der Waals surface area (Å²) in [6, 6.07) is 10.6. The van der Waals surface area contributed by atoms with Gasteiger partial charge in [0.1, 0.15) is 0 Å². The summed E-state index contributed by atoms with van der Waals surface area (Å²) < 4.78 is 0. The normalized spacial score (nSPS) is 27.9. The minimum absolute atomic E-state index is 0.103. The number of nitrogens with zero attached hydrogens (tertiary/aromatic N) is 1. The van der Waals surface area contributed by atoms with Crippen molar-refractivity contribution in [3.05, 3.63) is 35.9 Å². The van der Waals surface area contributed by atoms with Crippen molar-refractivity contribution in [2.45, 2.75) is 38.3 Å². The Morgan fingerprint density at radius 2 is 1.88 bits per heavy atom. The molecule has 1 saturated heterocycles. The summed E-state index contributed by atoms with van der Waals surface area (Å²) in [7, 11) is 0. The van der Waals surface area contributed by atoms with Gasteiger partial charge in [-0.05, 0) is 18.4 Å². The highest BCUT2D eigenvalue weighted by atomic mass is 16.3. The Balaban J connectivity index is 1.67. The second kappa shape index (κ2) is 4.43. The van der Waals surface area contributed by atoms with E-state index < -0.39 is 0 Å². The molecule has 1 N–H and O–H groups in total. The smallest absolute Gasteiger partial charge is 0.0735 e. The van der Waals surface area contributed by atoms with E-state index in [1.807, 2.05) is 0 Å². The summed E-state index contributed by atoms with van der Waals surface area (Å²) in [5.41, 5.74) is 1.59. The van der Waals surface area contributed by atoms with Gasteiger partial charge in [0.25, 0.3) is 0 Å². The quantitative estimate of drug-likeness (QED) is 0.845. The Morgan fingerprint density at radius 3 is 2.59 bits per heavy atom. The van der Waals surface area contributed by atoms with Crippen molar-refractivity contribution >= 4 is 0 Å². The molecular weight excluding hydrogens is 210 g/mol. The van der Waals surface area contributed by atoms with E-state index in [-0.39, 0.29) is 11.5 Å². The molecule has 2 nitrogen and oxygen atoms in total. The summed E-state index contributed by atoms with van der Waals surface area (Å²) in [6.07, 6.45) is 4.94. The van der Waals surface area contributed by atoms with Crippen LogP contribution in [0.1, 0.15) is 31.2 Å². The number of likely N-dealkylation sites (tertiary alicyclic amines) is 1. The van der Waals surface area contributed by atoms with Crippen molar-refractivity contribution in [1.29, 1.82) is 0 Å². The van der Waals surface area contributed by atoms with E-state index in [4.69, 9.17) is 0 Å². The zero-order valence-corrected chi connectivity index (χ0v) is 10.3. The molecule has 2 fully saturated rings. The lowest BCUT2D eigenvalue weighted by molar-refractivity contribution is 0.0742. The molecule has 1 aromatic rings. The Bertz CT molecular complexity index is 370. The Hall–Kier alpha value is -0.860. The molecule has 1 aromatic carbocycles. The molecule has 0 aromatic heterocycles. The number of aliphatic hydroxyl groups is 1. The Morgan fingerprint density at radius 1 is 1.18 bits per heavy atom. The lowest BCUT2D eigenvalue weighted by Gasteiger charge is -2.26. The van der Waals surface area contributed by atoms with Crippen LogP contribution in [-0.4, -0.2) is 29.2 Å². The Labute approximate surface area is 103 Å². The van der Waals surface area contributed by atoms with Gasteiger partial charge in [0.05, 0.1) is 6.10 Å². The van der Waals surface area contributed by atoms with Crippen LogP contribution < -0.4 is 0 Å². The third-order valence-corrected chi connectivity index (χ3v) is 4.52. The maximum Gasteiger partial charge on any atom is 0.0735 e. The average molecular weight is 231 g/mol. The molecular formula is C15H21NO. The predicted octanol–water partition coefficient (Wildman–Crippen LogP) is 2.42. The van der Waals surface area contributed by atoms with Crippen molar-refractivity contribution in [2.24, 2.45) is 5.41 Å². The number of aliphatic hydroxyl groups excluding tert-OH is 1. The molecule has 0 bridgehead atoms. The van der Waals surface area contributed by atoms with E-state index in [0.717, 1.165) is 19.6 Å². The predicted molar refractivity (Wildman–Crippen MR) is 68.6 cm³/mol. The molecule has 17 heavy (non-hydrogen) atoms. The second-order valence-corrected chi connectivity index (χ2v) is 5.74. The lowest BCUT2D eigenvalue weighted by atomic mass is 9.83. The fourth-order valence-electron chi connectivity index (χ4n) is 3.59. The summed E-state index contributed by atoms with van der Waals surface area (Å²) >= 11 is 0. The van der Waals surface area contributed by atoms with E-state index >= 15 is 0 Å². The van der Waals surface area contributed by atoms with Crippen LogP contribution in [-0.2, 0) is 6.54 Å². The van der Waals surface area contributed by atoms with Gasteiger partial charge in [-0.25, -0.2) is 0 Å². The fourth-order valence-corrected chi connectivity index (χ4v) is 3.59. The Kier molecular flexibility index (Phi) is 2.93. The van der Waals surface area contributed by atoms with E-state index in [1.165, 1.54) is 31.2 Å². The van der Waals surface area contributed by atoms with E-state index in [2.05, 4.69) is 35.2 Å². The third-order valence-electron chi connectivity index (χ3n) is 4.52. The van der Waals surface area contributed by atoms with Crippen LogP contribution in [0.4, 0.5) is 0 Å². The molecule has 1 aliphatic heterocycles. The summed E-state index contributed by atoms with van der Waals surface area (Å²) in [5, 5.41) is 10.3. The van der Waals surface area contributed by atoms with Crippen LogP contribution in [0.5, 0.6) is 0 Å². The third kappa shape index (κ3) is 2.12. The van der Waals surface area contributed by atoms with E-state index in [9.17, 15) is 5.11 Å². The van der Waals surface area contributed by atoms with Gasteiger partial charge < -0.3 is 5.11 Å². The van der Waals surface area contributed by atoms with Crippen LogP contribution in [0.3, 0.4) is 0 Å². The second-order valence-electron chi connectivity index (χ2n) is 5.74. The van der Waals surface area contributed by atoms with Crippen molar-refractivity contribution in [2.75, 3.05) is 13.1 Å². The van der Waals surface area contributed by atoms with Gasteiger partial charge >= 0.3 is 0 Å². The van der Waals surface area contributed by atoms with Crippen LogP contribution in [0.2, 0.25) is 0 Å². The largest absolute Gasteiger partial charge is 0.391 e. The molecule has 2 aliphatic rings. The van der Waals surface area contributed by atoms with Gasteiger partial charge in [-0.15, -0.1) is 0 Å². The number of hydrogen-bond acceptors (Lipinski definition) is 2. The van der Waals surface area contributed by atoms with Crippen LogP contribution in [0.25, 0.3) is 0 Å². The first-order chi connectivity index (χ1) is 8.28. The van der Waals surface area contributed by atoms with Gasteiger partial charge in [-0.3, -0.25) is 4.90 Å². The van der Waals surface area contributed by atoms with E-state index in [1.54, 1.807) is 0 Å². The molecule has 1 atom stereocenters. The highest BCUT2D eigenvalue weighted by molar-refractivity contribution is 5.15. The monoisotopic (exact) mass is 231 g/mol. The van der Waals surface area contributed by atoms with Crippen molar-refractivity contribution in [3.8, 4) is 0 Å². The zero-order chi connectivity index (χ0) is 11.7. The molecule has 0 amide bonds. The first-order valence-corrected chi connectivity index (χ1v) is 6.73.